The molecule has 0 unspecified atom stereocenters. The minimum absolute atomic E-state index is 0.784. The van der Waals surface area contributed by atoms with Gasteiger partial charge in [0.15, 0.2) is 0 Å². The standard InChI is InChI=1S/C17H23N3O/c1-4-9-18-11-14-8-10-19-12-17(14)21-16-7-6-13(3)20-15(16)5-2/h6-8,10,12,18H,4-5,9,11H2,1-3H3. The lowest BCUT2D eigenvalue weighted by atomic mass is 10.2. The molecule has 0 aromatic carbocycles. The molecular formula is C17H23N3O. The summed E-state index contributed by atoms with van der Waals surface area (Å²) in [5.74, 6) is 1.61. The molecule has 21 heavy (non-hydrogen) atoms. The van der Waals surface area contributed by atoms with E-state index in [1.165, 1.54) is 0 Å². The largest absolute Gasteiger partial charge is 0.453 e. The van der Waals surface area contributed by atoms with E-state index in [4.69, 9.17) is 4.74 Å². The third-order valence-corrected chi connectivity index (χ3v) is 3.24. The molecule has 0 fully saturated rings. The highest BCUT2D eigenvalue weighted by atomic mass is 16.5. The molecule has 2 aromatic rings. The molecule has 0 spiro atoms. The Morgan fingerprint density at radius 1 is 1.14 bits per heavy atom. The van der Waals surface area contributed by atoms with Crippen LogP contribution in [0.3, 0.4) is 0 Å². The van der Waals surface area contributed by atoms with E-state index in [0.717, 1.165) is 54.4 Å². The summed E-state index contributed by atoms with van der Waals surface area (Å²) in [4.78, 5) is 8.70. The van der Waals surface area contributed by atoms with Gasteiger partial charge in [-0.3, -0.25) is 9.97 Å². The third kappa shape index (κ3) is 4.26. The molecule has 0 atom stereocenters. The molecule has 112 valence electrons. The Kier molecular flexibility index (Phi) is 5.69. The van der Waals surface area contributed by atoms with E-state index < -0.39 is 0 Å². The van der Waals surface area contributed by atoms with Crippen LogP contribution in [-0.4, -0.2) is 16.5 Å². The molecule has 0 aliphatic rings. The Hall–Kier alpha value is -1.94. The summed E-state index contributed by atoms with van der Waals surface area (Å²) in [6, 6.07) is 5.95. The lowest BCUT2D eigenvalue weighted by molar-refractivity contribution is 0.461. The Bertz CT molecular complexity index is 584. The molecule has 0 radical (unpaired) electrons. The number of nitrogens with zero attached hydrogens (tertiary/aromatic N) is 2. The second kappa shape index (κ2) is 7.74. The van der Waals surface area contributed by atoms with Crippen LogP contribution in [0.15, 0.2) is 30.6 Å². The van der Waals surface area contributed by atoms with Crippen LogP contribution >= 0.6 is 0 Å². The number of nitrogens with one attached hydrogen (secondary N) is 1. The van der Waals surface area contributed by atoms with Gasteiger partial charge >= 0.3 is 0 Å². The van der Waals surface area contributed by atoms with Crippen molar-refractivity contribution in [2.45, 2.75) is 40.2 Å². The Morgan fingerprint density at radius 2 is 2.00 bits per heavy atom. The van der Waals surface area contributed by atoms with Crippen LogP contribution in [0.25, 0.3) is 0 Å². The number of pyridine rings is 2. The summed E-state index contributed by atoms with van der Waals surface area (Å²) in [6.45, 7) is 8.01. The Labute approximate surface area is 126 Å². The topological polar surface area (TPSA) is 47.0 Å². The second-order valence-corrected chi connectivity index (χ2v) is 5.01. The van der Waals surface area contributed by atoms with Crippen molar-refractivity contribution in [1.29, 1.82) is 0 Å². The fraction of sp³-hybridized carbons (Fsp3) is 0.412. The molecule has 0 amide bonds. The number of aryl methyl sites for hydroxylation is 2. The first-order valence-electron chi connectivity index (χ1n) is 7.52. The summed E-state index contributed by atoms with van der Waals surface area (Å²) in [6.07, 6.45) is 5.52. The van der Waals surface area contributed by atoms with Crippen molar-refractivity contribution in [1.82, 2.24) is 15.3 Å². The third-order valence-electron chi connectivity index (χ3n) is 3.24. The van der Waals surface area contributed by atoms with Crippen molar-refractivity contribution in [2.24, 2.45) is 0 Å². The number of ether oxygens (including phenoxy) is 1. The molecule has 0 aliphatic carbocycles. The zero-order valence-electron chi connectivity index (χ0n) is 13.0. The number of aromatic nitrogens is 2. The lowest BCUT2D eigenvalue weighted by Gasteiger charge is -2.13. The van der Waals surface area contributed by atoms with Gasteiger partial charge in [-0.25, -0.2) is 0 Å². The van der Waals surface area contributed by atoms with E-state index in [0.29, 0.717) is 0 Å². The van der Waals surface area contributed by atoms with Gasteiger partial charge in [0.25, 0.3) is 0 Å². The van der Waals surface area contributed by atoms with E-state index in [-0.39, 0.29) is 0 Å². The van der Waals surface area contributed by atoms with Crippen molar-refractivity contribution in [2.75, 3.05) is 6.54 Å². The first kappa shape index (κ1) is 15.4. The highest BCUT2D eigenvalue weighted by Gasteiger charge is 2.09. The number of hydrogen-bond donors (Lipinski definition) is 1. The molecular weight excluding hydrogens is 262 g/mol. The van der Waals surface area contributed by atoms with E-state index in [1.807, 2.05) is 25.1 Å². The molecule has 2 aromatic heterocycles. The van der Waals surface area contributed by atoms with Crippen LogP contribution in [0, 0.1) is 6.92 Å². The Morgan fingerprint density at radius 3 is 2.76 bits per heavy atom. The monoisotopic (exact) mass is 285 g/mol. The molecule has 2 rings (SSSR count). The van der Waals surface area contributed by atoms with Crippen molar-refractivity contribution in [3.8, 4) is 11.5 Å². The molecule has 4 heteroatoms. The summed E-state index contributed by atoms with van der Waals surface area (Å²) in [5.41, 5.74) is 3.10. The van der Waals surface area contributed by atoms with Crippen molar-refractivity contribution < 1.29 is 4.74 Å². The van der Waals surface area contributed by atoms with Crippen LogP contribution in [0.1, 0.15) is 37.2 Å². The predicted octanol–water partition coefficient (Wildman–Crippen LogP) is 3.64. The fourth-order valence-electron chi connectivity index (χ4n) is 2.11. The van der Waals surface area contributed by atoms with Crippen LogP contribution in [-0.2, 0) is 13.0 Å². The van der Waals surface area contributed by atoms with Gasteiger partial charge in [-0.05, 0) is 44.5 Å². The summed E-state index contributed by atoms with van der Waals surface area (Å²) >= 11 is 0. The summed E-state index contributed by atoms with van der Waals surface area (Å²) in [5, 5.41) is 3.39. The molecule has 0 aliphatic heterocycles. The van der Waals surface area contributed by atoms with Crippen LogP contribution in [0.4, 0.5) is 0 Å². The van der Waals surface area contributed by atoms with Crippen molar-refractivity contribution in [3.05, 3.63) is 47.5 Å². The molecule has 0 bridgehead atoms. The van der Waals surface area contributed by atoms with Gasteiger partial charge in [0.2, 0.25) is 0 Å². The van der Waals surface area contributed by atoms with E-state index >= 15 is 0 Å². The highest BCUT2D eigenvalue weighted by Crippen LogP contribution is 2.27. The maximum absolute atomic E-state index is 6.05. The zero-order valence-corrected chi connectivity index (χ0v) is 13.0. The maximum atomic E-state index is 6.05. The second-order valence-electron chi connectivity index (χ2n) is 5.01. The number of rotatable bonds is 7. The van der Waals surface area contributed by atoms with Crippen LogP contribution in [0.5, 0.6) is 11.5 Å². The molecule has 0 saturated carbocycles. The quantitative estimate of drug-likeness (QED) is 0.789. The molecule has 1 N–H and O–H groups in total. The molecule has 4 nitrogen and oxygen atoms in total. The maximum Gasteiger partial charge on any atom is 0.150 e. The number of hydrogen-bond acceptors (Lipinski definition) is 4. The minimum atomic E-state index is 0.784. The summed E-state index contributed by atoms with van der Waals surface area (Å²) < 4.78 is 6.05. The average molecular weight is 285 g/mol. The van der Waals surface area contributed by atoms with Gasteiger partial charge in [0, 0.05) is 24.0 Å². The Balaban J connectivity index is 2.19. The van der Waals surface area contributed by atoms with Gasteiger partial charge in [-0.1, -0.05) is 13.8 Å². The smallest absolute Gasteiger partial charge is 0.150 e. The molecule has 2 heterocycles. The minimum Gasteiger partial charge on any atom is -0.453 e. The van der Waals surface area contributed by atoms with Gasteiger partial charge in [0.1, 0.15) is 11.5 Å². The van der Waals surface area contributed by atoms with E-state index in [1.54, 1.807) is 12.4 Å². The summed E-state index contributed by atoms with van der Waals surface area (Å²) in [7, 11) is 0. The van der Waals surface area contributed by atoms with E-state index in [2.05, 4.69) is 29.1 Å². The van der Waals surface area contributed by atoms with Crippen LogP contribution < -0.4 is 10.1 Å². The normalized spacial score (nSPS) is 10.6. The molecule has 0 saturated heterocycles. The first-order valence-corrected chi connectivity index (χ1v) is 7.52. The highest BCUT2D eigenvalue weighted by molar-refractivity contribution is 5.38. The SMILES string of the molecule is CCCNCc1ccncc1Oc1ccc(C)nc1CC. The average Bonchev–Trinajstić information content (AvgIpc) is 2.51. The fourth-order valence-corrected chi connectivity index (χ4v) is 2.11. The van der Waals surface area contributed by atoms with Crippen molar-refractivity contribution in [3.63, 3.8) is 0 Å². The van der Waals surface area contributed by atoms with Gasteiger partial charge < -0.3 is 10.1 Å². The zero-order chi connectivity index (χ0) is 15.1. The predicted molar refractivity (Wildman–Crippen MR) is 84.7 cm³/mol. The van der Waals surface area contributed by atoms with Gasteiger partial charge in [0.05, 0.1) is 11.9 Å². The van der Waals surface area contributed by atoms with Gasteiger partial charge in [-0.15, -0.1) is 0 Å². The lowest BCUT2D eigenvalue weighted by Crippen LogP contribution is -2.14. The first-order chi connectivity index (χ1) is 10.2. The van der Waals surface area contributed by atoms with Crippen molar-refractivity contribution >= 4 is 0 Å². The van der Waals surface area contributed by atoms with E-state index in [9.17, 15) is 0 Å². The van der Waals surface area contributed by atoms with Crippen LogP contribution in [0.2, 0.25) is 0 Å². The van der Waals surface area contributed by atoms with Gasteiger partial charge in [-0.2, -0.15) is 0 Å².